The van der Waals surface area contributed by atoms with Gasteiger partial charge in [0.1, 0.15) is 0 Å². The van der Waals surface area contributed by atoms with Crippen molar-refractivity contribution < 1.29 is 13.2 Å². The van der Waals surface area contributed by atoms with E-state index < -0.39 is 10.0 Å². The lowest BCUT2D eigenvalue weighted by molar-refractivity contribution is -0.117. The Morgan fingerprint density at radius 1 is 1.14 bits per heavy atom. The van der Waals surface area contributed by atoms with Crippen LogP contribution < -0.4 is 15.8 Å². The fourth-order valence-corrected chi connectivity index (χ4v) is 3.89. The van der Waals surface area contributed by atoms with E-state index in [9.17, 15) is 13.2 Å². The van der Waals surface area contributed by atoms with Gasteiger partial charge in [-0.05, 0) is 12.1 Å². The quantitative estimate of drug-likeness (QED) is 0.825. The van der Waals surface area contributed by atoms with Gasteiger partial charge in [0.2, 0.25) is 15.9 Å². The van der Waals surface area contributed by atoms with Crippen LogP contribution in [0.15, 0.2) is 36.4 Å². The van der Waals surface area contributed by atoms with Gasteiger partial charge in [0.15, 0.2) is 0 Å². The van der Waals surface area contributed by atoms with E-state index in [1.54, 1.807) is 4.90 Å². The predicted molar refractivity (Wildman–Crippen MR) is 86.8 cm³/mol. The van der Waals surface area contributed by atoms with Gasteiger partial charge in [-0.1, -0.05) is 24.3 Å². The molecule has 2 aromatic carbocycles. The molecule has 1 aliphatic rings. The Kier molecular flexibility index (Phi) is 3.54. The summed E-state index contributed by atoms with van der Waals surface area (Å²) in [6.45, 7) is 0.350. The normalized spacial score (nSPS) is 19.0. The second-order valence-corrected chi connectivity index (χ2v) is 7.28. The van der Waals surface area contributed by atoms with E-state index in [2.05, 4.69) is 0 Å². The molecule has 116 valence electrons. The predicted octanol–water partition coefficient (Wildman–Crippen LogP) is 1.06. The first kappa shape index (κ1) is 14.8. The number of benzene rings is 2. The number of nitrogen functional groups attached to an aromatic ring is 1. The van der Waals surface area contributed by atoms with Gasteiger partial charge in [0.25, 0.3) is 0 Å². The third kappa shape index (κ3) is 2.77. The van der Waals surface area contributed by atoms with Crippen LogP contribution in [-0.4, -0.2) is 26.6 Å². The van der Waals surface area contributed by atoms with Crippen LogP contribution in [0.3, 0.4) is 0 Å². The molecule has 0 radical (unpaired) electrons. The van der Waals surface area contributed by atoms with Gasteiger partial charge in [-0.3, -0.25) is 4.79 Å². The number of nitrogens with zero attached hydrogens (tertiary/aromatic N) is 1. The molecule has 7 heteroatoms. The Bertz CT molecular complexity index is 848. The number of fused-ring (bicyclic) bond motifs is 1. The second-order valence-electron chi connectivity index (χ2n) is 5.62. The highest BCUT2D eigenvalue weighted by Crippen LogP contribution is 2.33. The zero-order valence-electron chi connectivity index (χ0n) is 11.9. The molecule has 1 aliphatic heterocycles. The van der Waals surface area contributed by atoms with Crippen molar-refractivity contribution in [1.29, 1.82) is 0 Å². The number of anilines is 2. The highest BCUT2D eigenvalue weighted by molar-refractivity contribution is 7.89. The topological polar surface area (TPSA) is 106 Å². The third-order valence-electron chi connectivity index (χ3n) is 3.90. The molecular weight excluding hydrogens is 302 g/mol. The summed E-state index contributed by atoms with van der Waals surface area (Å²) in [5.41, 5.74) is 7.37. The molecule has 1 heterocycles. The van der Waals surface area contributed by atoms with Crippen molar-refractivity contribution in [3.8, 4) is 0 Å². The van der Waals surface area contributed by atoms with E-state index in [1.165, 1.54) is 0 Å². The SMILES string of the molecule is Nc1cccc2c(N3CC(CS(N)(=O)=O)CC3=O)cccc12. The van der Waals surface area contributed by atoms with Gasteiger partial charge in [0, 0.05) is 35.3 Å². The maximum absolute atomic E-state index is 12.3. The molecule has 0 aliphatic carbocycles. The van der Waals surface area contributed by atoms with Gasteiger partial charge >= 0.3 is 0 Å². The maximum atomic E-state index is 12.3. The van der Waals surface area contributed by atoms with Crippen molar-refractivity contribution in [1.82, 2.24) is 0 Å². The van der Waals surface area contributed by atoms with Crippen LogP contribution in [0.4, 0.5) is 11.4 Å². The molecule has 3 rings (SSSR count). The van der Waals surface area contributed by atoms with E-state index in [4.69, 9.17) is 10.9 Å². The number of nitrogens with two attached hydrogens (primary N) is 2. The van der Waals surface area contributed by atoms with Crippen molar-refractivity contribution in [3.05, 3.63) is 36.4 Å². The van der Waals surface area contributed by atoms with Gasteiger partial charge in [0.05, 0.1) is 11.4 Å². The molecule has 0 spiro atoms. The van der Waals surface area contributed by atoms with E-state index in [0.717, 1.165) is 16.5 Å². The number of hydrogen-bond acceptors (Lipinski definition) is 4. The minimum absolute atomic E-state index is 0.0939. The van der Waals surface area contributed by atoms with Gasteiger partial charge in [-0.2, -0.15) is 0 Å². The lowest BCUT2D eigenvalue weighted by atomic mass is 10.1. The van der Waals surface area contributed by atoms with Crippen LogP contribution in [0.2, 0.25) is 0 Å². The maximum Gasteiger partial charge on any atom is 0.227 e. The molecule has 1 unspecified atom stereocenters. The van der Waals surface area contributed by atoms with Crippen LogP contribution >= 0.6 is 0 Å². The zero-order valence-corrected chi connectivity index (χ0v) is 12.7. The van der Waals surface area contributed by atoms with Crippen LogP contribution in [-0.2, 0) is 14.8 Å². The Balaban J connectivity index is 1.98. The summed E-state index contributed by atoms with van der Waals surface area (Å²) in [6.07, 6.45) is 0.190. The van der Waals surface area contributed by atoms with Crippen molar-refractivity contribution >= 4 is 38.1 Å². The monoisotopic (exact) mass is 319 g/mol. The van der Waals surface area contributed by atoms with Crippen LogP contribution in [0, 0.1) is 5.92 Å². The van der Waals surface area contributed by atoms with E-state index in [-0.39, 0.29) is 24.0 Å². The molecule has 0 bridgehead atoms. The summed E-state index contributed by atoms with van der Waals surface area (Å²) in [5, 5.41) is 6.84. The second kappa shape index (κ2) is 5.26. The number of amides is 1. The van der Waals surface area contributed by atoms with E-state index in [1.807, 2.05) is 36.4 Å². The fourth-order valence-electron chi connectivity index (χ4n) is 3.01. The Morgan fingerprint density at radius 2 is 1.82 bits per heavy atom. The lowest BCUT2D eigenvalue weighted by Crippen LogP contribution is -2.27. The Labute approximate surface area is 128 Å². The van der Waals surface area contributed by atoms with Gasteiger partial charge < -0.3 is 10.6 Å². The highest BCUT2D eigenvalue weighted by atomic mass is 32.2. The average molecular weight is 319 g/mol. The Morgan fingerprint density at radius 3 is 2.55 bits per heavy atom. The van der Waals surface area contributed by atoms with Gasteiger partial charge in [-0.25, -0.2) is 13.6 Å². The molecule has 4 N–H and O–H groups in total. The van der Waals surface area contributed by atoms with Crippen molar-refractivity contribution in [2.75, 3.05) is 22.9 Å². The standard InChI is InChI=1S/C15H17N3O3S/c16-13-5-1-4-12-11(13)3-2-6-14(12)18-8-10(7-15(18)19)9-22(17,20)21/h1-6,10H,7-9,16H2,(H2,17,20,21). The van der Waals surface area contributed by atoms with Crippen molar-refractivity contribution in [2.24, 2.45) is 11.1 Å². The average Bonchev–Trinajstić information content (AvgIpc) is 2.77. The summed E-state index contributed by atoms with van der Waals surface area (Å²) < 4.78 is 22.5. The number of sulfonamides is 1. The molecule has 1 amide bonds. The van der Waals surface area contributed by atoms with E-state index >= 15 is 0 Å². The van der Waals surface area contributed by atoms with Crippen molar-refractivity contribution in [3.63, 3.8) is 0 Å². The molecule has 0 aromatic heterocycles. The fraction of sp³-hybridized carbons (Fsp3) is 0.267. The minimum atomic E-state index is -3.58. The number of rotatable bonds is 3. The largest absolute Gasteiger partial charge is 0.398 e. The van der Waals surface area contributed by atoms with Crippen LogP contribution in [0.5, 0.6) is 0 Å². The molecule has 1 atom stereocenters. The third-order valence-corrected chi connectivity index (χ3v) is 4.83. The van der Waals surface area contributed by atoms with E-state index in [0.29, 0.717) is 12.2 Å². The molecule has 0 saturated carbocycles. The number of primary sulfonamides is 1. The lowest BCUT2D eigenvalue weighted by Gasteiger charge is -2.19. The number of hydrogen-bond donors (Lipinski definition) is 2. The first-order valence-electron chi connectivity index (χ1n) is 6.93. The molecule has 22 heavy (non-hydrogen) atoms. The molecule has 6 nitrogen and oxygen atoms in total. The summed E-state index contributed by atoms with van der Waals surface area (Å²) >= 11 is 0. The van der Waals surface area contributed by atoms with Gasteiger partial charge in [-0.15, -0.1) is 0 Å². The molecule has 1 saturated heterocycles. The smallest absolute Gasteiger partial charge is 0.227 e. The number of carbonyl (C=O) groups is 1. The zero-order chi connectivity index (χ0) is 15.9. The summed E-state index contributed by atoms with van der Waals surface area (Å²) in [5.74, 6) is -0.551. The van der Waals surface area contributed by atoms with Crippen LogP contribution in [0.1, 0.15) is 6.42 Å². The van der Waals surface area contributed by atoms with Crippen molar-refractivity contribution in [2.45, 2.75) is 6.42 Å². The highest BCUT2D eigenvalue weighted by Gasteiger charge is 2.33. The Hall–Kier alpha value is -2.12. The molecule has 2 aromatic rings. The summed E-state index contributed by atoms with van der Waals surface area (Å²) in [7, 11) is -3.58. The van der Waals surface area contributed by atoms with Crippen LogP contribution in [0.25, 0.3) is 10.8 Å². The number of carbonyl (C=O) groups excluding carboxylic acids is 1. The first-order valence-corrected chi connectivity index (χ1v) is 8.65. The first-order chi connectivity index (χ1) is 10.3. The summed E-state index contributed by atoms with van der Waals surface area (Å²) in [4.78, 5) is 13.9. The molecule has 1 fully saturated rings. The summed E-state index contributed by atoms with van der Waals surface area (Å²) in [6, 6.07) is 11.1. The minimum Gasteiger partial charge on any atom is -0.398 e. The molecular formula is C15H17N3O3S.